The molecular formula is C20H22ClN5. The van der Waals surface area contributed by atoms with Gasteiger partial charge in [-0.3, -0.25) is 4.98 Å². The zero-order chi connectivity index (χ0) is 18.1. The molecule has 4 rings (SSSR count). The molecule has 0 spiro atoms. The van der Waals surface area contributed by atoms with Crippen molar-refractivity contribution >= 4 is 28.2 Å². The number of nitrogens with zero attached hydrogens (tertiary/aromatic N) is 4. The number of benzene rings is 1. The number of likely N-dealkylation sites (N-methyl/N-ethyl adjacent to an activating group) is 1. The van der Waals surface area contributed by atoms with E-state index in [1.54, 1.807) is 0 Å². The van der Waals surface area contributed by atoms with E-state index in [1.165, 1.54) is 6.42 Å². The number of hydrogen-bond acceptors (Lipinski definition) is 5. The quantitative estimate of drug-likeness (QED) is 0.753. The van der Waals surface area contributed by atoms with Gasteiger partial charge in [0.2, 0.25) is 0 Å². The van der Waals surface area contributed by atoms with Gasteiger partial charge >= 0.3 is 0 Å². The second kappa shape index (κ2) is 7.17. The molecule has 1 aliphatic heterocycles. The van der Waals surface area contributed by atoms with Gasteiger partial charge in [0, 0.05) is 45.8 Å². The van der Waals surface area contributed by atoms with Gasteiger partial charge in [0.1, 0.15) is 5.69 Å². The van der Waals surface area contributed by atoms with Crippen LogP contribution in [0.4, 0.5) is 5.82 Å². The van der Waals surface area contributed by atoms with E-state index in [2.05, 4.69) is 38.5 Å². The highest BCUT2D eigenvalue weighted by Gasteiger charge is 2.19. The van der Waals surface area contributed by atoms with Crippen LogP contribution in [0.25, 0.3) is 22.0 Å². The number of fused-ring (bicyclic) bond motifs is 1. The molecule has 2 aromatic heterocycles. The van der Waals surface area contributed by atoms with Gasteiger partial charge in [-0.2, -0.15) is 0 Å². The number of anilines is 1. The van der Waals surface area contributed by atoms with Crippen molar-refractivity contribution in [2.75, 3.05) is 25.5 Å². The Bertz CT molecular complexity index is 925. The molecule has 0 radical (unpaired) electrons. The van der Waals surface area contributed by atoms with Crippen molar-refractivity contribution in [3.8, 4) is 11.3 Å². The monoisotopic (exact) mass is 367 g/mol. The average Bonchev–Trinajstić information content (AvgIpc) is 2.63. The third-order valence-electron chi connectivity index (χ3n) is 4.88. The van der Waals surface area contributed by atoms with E-state index in [0.717, 1.165) is 53.1 Å². The van der Waals surface area contributed by atoms with E-state index >= 15 is 0 Å². The van der Waals surface area contributed by atoms with Crippen molar-refractivity contribution in [3.63, 3.8) is 0 Å². The summed E-state index contributed by atoms with van der Waals surface area (Å²) >= 11 is 6.02. The zero-order valence-corrected chi connectivity index (χ0v) is 15.8. The van der Waals surface area contributed by atoms with Crippen molar-refractivity contribution in [3.05, 3.63) is 47.2 Å². The molecule has 1 N–H and O–H groups in total. The molecule has 1 atom stereocenters. The van der Waals surface area contributed by atoms with E-state index in [-0.39, 0.29) is 0 Å². The first kappa shape index (κ1) is 17.2. The summed E-state index contributed by atoms with van der Waals surface area (Å²) in [6.45, 7) is 4.18. The van der Waals surface area contributed by atoms with Crippen LogP contribution in [0, 0.1) is 6.92 Å². The van der Waals surface area contributed by atoms with Crippen molar-refractivity contribution in [2.24, 2.45) is 0 Å². The molecule has 1 unspecified atom stereocenters. The van der Waals surface area contributed by atoms with Crippen molar-refractivity contribution in [1.82, 2.24) is 20.1 Å². The van der Waals surface area contributed by atoms with Crippen molar-refractivity contribution in [2.45, 2.75) is 25.8 Å². The highest BCUT2D eigenvalue weighted by Crippen LogP contribution is 2.31. The van der Waals surface area contributed by atoms with E-state index in [1.807, 2.05) is 37.4 Å². The summed E-state index contributed by atoms with van der Waals surface area (Å²) in [4.78, 5) is 6.83. The van der Waals surface area contributed by atoms with Gasteiger partial charge in [0.15, 0.2) is 5.82 Å². The molecular weight excluding hydrogens is 346 g/mol. The van der Waals surface area contributed by atoms with E-state index < -0.39 is 0 Å². The highest BCUT2D eigenvalue weighted by molar-refractivity contribution is 6.30. The van der Waals surface area contributed by atoms with Crippen molar-refractivity contribution < 1.29 is 0 Å². The summed E-state index contributed by atoms with van der Waals surface area (Å²) in [6, 6.07) is 10.1. The van der Waals surface area contributed by atoms with Gasteiger partial charge in [0.05, 0.1) is 0 Å². The third-order valence-corrected chi connectivity index (χ3v) is 5.14. The maximum absolute atomic E-state index is 6.02. The van der Waals surface area contributed by atoms with Crippen molar-refractivity contribution in [1.29, 1.82) is 0 Å². The normalized spacial score (nSPS) is 18.2. The summed E-state index contributed by atoms with van der Waals surface area (Å²) in [7, 11) is 2.16. The fourth-order valence-electron chi connectivity index (χ4n) is 3.56. The van der Waals surface area contributed by atoms with E-state index in [9.17, 15) is 0 Å². The Morgan fingerprint density at radius 2 is 1.96 bits per heavy atom. The molecule has 1 aliphatic rings. The molecule has 1 fully saturated rings. The Labute approximate surface area is 158 Å². The lowest BCUT2D eigenvalue weighted by atomic mass is 10.0. The minimum atomic E-state index is 0.390. The Morgan fingerprint density at radius 3 is 2.73 bits per heavy atom. The van der Waals surface area contributed by atoms with Crippen LogP contribution in [0.15, 0.2) is 36.5 Å². The van der Waals surface area contributed by atoms with Crippen LogP contribution in [0.3, 0.4) is 0 Å². The lowest BCUT2D eigenvalue weighted by Gasteiger charge is -2.30. The first-order valence-electron chi connectivity index (χ1n) is 8.94. The summed E-state index contributed by atoms with van der Waals surface area (Å²) in [5, 5.41) is 15.4. The largest absolute Gasteiger partial charge is 0.364 e. The smallest absolute Gasteiger partial charge is 0.157 e. The SMILES string of the molecule is Cc1cc2c(NC3CCCN(C)C3)nnc(-c3ccc(Cl)cc3)c2cn1. The van der Waals surface area contributed by atoms with Gasteiger partial charge in [-0.15, -0.1) is 10.2 Å². The van der Waals surface area contributed by atoms with Crippen LogP contribution < -0.4 is 5.32 Å². The molecule has 1 aromatic carbocycles. The number of likely N-dealkylation sites (tertiary alicyclic amines) is 1. The number of pyridine rings is 1. The fraction of sp³-hybridized carbons (Fsp3) is 0.350. The number of halogens is 1. The van der Waals surface area contributed by atoms with Crippen LogP contribution in [-0.4, -0.2) is 46.3 Å². The van der Waals surface area contributed by atoms with Crippen LogP contribution >= 0.6 is 11.6 Å². The van der Waals surface area contributed by atoms with Gasteiger partial charge < -0.3 is 10.2 Å². The van der Waals surface area contributed by atoms with Gasteiger partial charge in [0.25, 0.3) is 0 Å². The second-order valence-corrected chi connectivity index (χ2v) is 7.46. The number of hydrogen-bond donors (Lipinski definition) is 1. The summed E-state index contributed by atoms with van der Waals surface area (Å²) in [5.74, 6) is 0.837. The minimum Gasteiger partial charge on any atom is -0.364 e. The van der Waals surface area contributed by atoms with Crippen LogP contribution in [-0.2, 0) is 0 Å². The molecule has 0 bridgehead atoms. The molecule has 26 heavy (non-hydrogen) atoms. The molecule has 1 saturated heterocycles. The molecule has 3 heterocycles. The lowest BCUT2D eigenvalue weighted by molar-refractivity contribution is 0.261. The lowest BCUT2D eigenvalue weighted by Crippen LogP contribution is -2.40. The predicted octanol–water partition coefficient (Wildman–Crippen LogP) is 4.16. The fourth-order valence-corrected chi connectivity index (χ4v) is 3.68. The molecule has 0 amide bonds. The molecule has 0 aliphatic carbocycles. The van der Waals surface area contributed by atoms with Gasteiger partial charge in [-0.05, 0) is 51.6 Å². The molecule has 3 aromatic rings. The number of aryl methyl sites for hydroxylation is 1. The van der Waals surface area contributed by atoms with Gasteiger partial charge in [-0.1, -0.05) is 23.7 Å². The Kier molecular flexibility index (Phi) is 4.74. The number of piperidine rings is 1. The van der Waals surface area contributed by atoms with Crippen LogP contribution in [0.2, 0.25) is 5.02 Å². The summed E-state index contributed by atoms with van der Waals surface area (Å²) in [5.41, 5.74) is 2.79. The minimum absolute atomic E-state index is 0.390. The zero-order valence-electron chi connectivity index (χ0n) is 15.0. The highest BCUT2D eigenvalue weighted by atomic mass is 35.5. The van der Waals surface area contributed by atoms with Gasteiger partial charge in [-0.25, -0.2) is 0 Å². The average molecular weight is 368 g/mol. The van der Waals surface area contributed by atoms with E-state index in [4.69, 9.17) is 11.6 Å². The topological polar surface area (TPSA) is 53.9 Å². The summed E-state index contributed by atoms with van der Waals surface area (Å²) in [6.07, 6.45) is 4.24. The first-order valence-corrected chi connectivity index (χ1v) is 9.32. The van der Waals surface area contributed by atoms with E-state index in [0.29, 0.717) is 11.1 Å². The molecule has 5 nitrogen and oxygen atoms in total. The first-order chi connectivity index (χ1) is 12.6. The summed E-state index contributed by atoms with van der Waals surface area (Å²) < 4.78 is 0. The second-order valence-electron chi connectivity index (χ2n) is 7.02. The maximum atomic E-state index is 6.02. The number of aromatic nitrogens is 3. The Hall–Kier alpha value is -2.24. The predicted molar refractivity (Wildman–Crippen MR) is 107 cm³/mol. The molecule has 6 heteroatoms. The van der Waals surface area contributed by atoms with Crippen LogP contribution in [0.1, 0.15) is 18.5 Å². The third kappa shape index (κ3) is 3.50. The van der Waals surface area contributed by atoms with Crippen LogP contribution in [0.5, 0.6) is 0 Å². The standard InChI is InChI=1S/C20H22ClN5/c1-13-10-17-18(11-22-13)19(14-5-7-15(21)8-6-14)24-25-20(17)23-16-4-3-9-26(2)12-16/h5-8,10-11,16H,3-4,9,12H2,1-2H3,(H,23,25). The maximum Gasteiger partial charge on any atom is 0.157 e. The Morgan fingerprint density at radius 1 is 1.15 bits per heavy atom. The number of nitrogens with one attached hydrogen (secondary N) is 1. The Balaban J connectivity index is 1.76. The molecule has 0 saturated carbocycles. The number of rotatable bonds is 3. The molecule has 134 valence electrons.